The molecular formula is C16H15BrN2O. The van der Waals surface area contributed by atoms with Crippen LogP contribution in [0.15, 0.2) is 53.0 Å². The zero-order valence-electron chi connectivity index (χ0n) is 11.1. The van der Waals surface area contributed by atoms with Crippen molar-refractivity contribution in [3.8, 4) is 0 Å². The van der Waals surface area contributed by atoms with Gasteiger partial charge in [-0.3, -0.25) is 4.79 Å². The van der Waals surface area contributed by atoms with Gasteiger partial charge in [0.05, 0.1) is 11.4 Å². The predicted molar refractivity (Wildman–Crippen MR) is 84.9 cm³/mol. The van der Waals surface area contributed by atoms with Crippen molar-refractivity contribution in [3.05, 3.63) is 58.6 Å². The van der Waals surface area contributed by atoms with Crippen molar-refractivity contribution < 1.29 is 4.79 Å². The first-order valence-electron chi connectivity index (χ1n) is 6.50. The topological polar surface area (TPSA) is 41.1 Å². The third-order valence-corrected chi connectivity index (χ3v) is 4.04. The fourth-order valence-corrected chi connectivity index (χ4v) is 2.83. The smallest absolute Gasteiger partial charge is 0.250 e. The van der Waals surface area contributed by atoms with Gasteiger partial charge in [0.1, 0.15) is 5.54 Å². The molecule has 1 aliphatic rings. The van der Waals surface area contributed by atoms with E-state index in [-0.39, 0.29) is 5.91 Å². The summed E-state index contributed by atoms with van der Waals surface area (Å²) >= 11 is 3.46. The van der Waals surface area contributed by atoms with E-state index in [9.17, 15) is 4.79 Å². The van der Waals surface area contributed by atoms with Crippen LogP contribution in [-0.2, 0) is 11.2 Å². The van der Waals surface area contributed by atoms with Crippen molar-refractivity contribution in [1.82, 2.24) is 0 Å². The number of amides is 1. The maximum atomic E-state index is 12.4. The van der Waals surface area contributed by atoms with Crippen LogP contribution in [0.25, 0.3) is 0 Å². The molecule has 4 heteroatoms. The van der Waals surface area contributed by atoms with Crippen molar-refractivity contribution in [2.75, 3.05) is 10.6 Å². The quantitative estimate of drug-likeness (QED) is 0.878. The van der Waals surface area contributed by atoms with Gasteiger partial charge in [0.2, 0.25) is 5.91 Å². The van der Waals surface area contributed by atoms with Gasteiger partial charge in [-0.15, -0.1) is 0 Å². The third kappa shape index (κ3) is 2.43. The maximum absolute atomic E-state index is 12.4. The molecular weight excluding hydrogens is 316 g/mol. The predicted octanol–water partition coefficient (Wildman–Crippen LogP) is 3.81. The Morgan fingerprint density at radius 2 is 1.85 bits per heavy atom. The Kier molecular flexibility index (Phi) is 3.26. The summed E-state index contributed by atoms with van der Waals surface area (Å²) in [6.07, 6.45) is 0.644. The number of carbonyl (C=O) groups is 1. The van der Waals surface area contributed by atoms with E-state index in [0.29, 0.717) is 6.42 Å². The van der Waals surface area contributed by atoms with Crippen molar-refractivity contribution in [1.29, 1.82) is 0 Å². The van der Waals surface area contributed by atoms with E-state index in [4.69, 9.17) is 0 Å². The van der Waals surface area contributed by atoms with Gasteiger partial charge in [0.15, 0.2) is 0 Å². The van der Waals surface area contributed by atoms with E-state index in [1.165, 1.54) is 0 Å². The molecule has 0 fully saturated rings. The average molecular weight is 331 g/mol. The summed E-state index contributed by atoms with van der Waals surface area (Å²) in [6.45, 7) is 1.93. The van der Waals surface area contributed by atoms with Crippen LogP contribution in [0, 0.1) is 0 Å². The lowest BCUT2D eigenvalue weighted by Crippen LogP contribution is -2.51. The SMILES string of the molecule is C[C@]1(Cc2ccccc2)Nc2cc(Br)ccc2NC1=O. The number of anilines is 2. The highest BCUT2D eigenvalue weighted by Gasteiger charge is 2.37. The Bertz CT molecular complexity index is 657. The fourth-order valence-electron chi connectivity index (χ4n) is 2.47. The highest BCUT2D eigenvalue weighted by Crippen LogP contribution is 2.34. The lowest BCUT2D eigenvalue weighted by Gasteiger charge is -2.36. The van der Waals surface area contributed by atoms with Crippen molar-refractivity contribution in [3.63, 3.8) is 0 Å². The molecule has 1 aliphatic heterocycles. The molecule has 0 saturated carbocycles. The van der Waals surface area contributed by atoms with E-state index in [2.05, 4.69) is 26.6 Å². The van der Waals surface area contributed by atoms with E-state index in [1.807, 2.05) is 55.5 Å². The van der Waals surface area contributed by atoms with E-state index in [0.717, 1.165) is 21.4 Å². The Labute approximate surface area is 126 Å². The van der Waals surface area contributed by atoms with Crippen molar-refractivity contribution >= 4 is 33.2 Å². The van der Waals surface area contributed by atoms with Crippen LogP contribution >= 0.6 is 15.9 Å². The molecule has 20 heavy (non-hydrogen) atoms. The first kappa shape index (κ1) is 13.2. The van der Waals surface area contributed by atoms with Crippen LogP contribution < -0.4 is 10.6 Å². The Balaban J connectivity index is 1.92. The van der Waals surface area contributed by atoms with Gasteiger partial charge in [-0.05, 0) is 30.7 Å². The molecule has 102 valence electrons. The van der Waals surface area contributed by atoms with Crippen LogP contribution in [-0.4, -0.2) is 11.4 Å². The van der Waals surface area contributed by atoms with Crippen LogP contribution in [0.2, 0.25) is 0 Å². The monoisotopic (exact) mass is 330 g/mol. The number of hydrogen-bond donors (Lipinski definition) is 2. The van der Waals surface area contributed by atoms with Crippen LogP contribution in [0.1, 0.15) is 12.5 Å². The van der Waals surface area contributed by atoms with E-state index < -0.39 is 5.54 Å². The molecule has 2 N–H and O–H groups in total. The molecule has 0 unspecified atom stereocenters. The van der Waals surface area contributed by atoms with Gasteiger partial charge in [0, 0.05) is 10.9 Å². The molecule has 0 spiro atoms. The Hall–Kier alpha value is -1.81. The lowest BCUT2D eigenvalue weighted by molar-refractivity contribution is -0.120. The van der Waals surface area contributed by atoms with Gasteiger partial charge in [0.25, 0.3) is 0 Å². The molecule has 1 amide bonds. The lowest BCUT2D eigenvalue weighted by atomic mass is 9.89. The minimum Gasteiger partial charge on any atom is -0.369 e. The van der Waals surface area contributed by atoms with Crippen LogP contribution in [0.4, 0.5) is 11.4 Å². The molecule has 3 rings (SSSR count). The van der Waals surface area contributed by atoms with Gasteiger partial charge >= 0.3 is 0 Å². The van der Waals surface area contributed by atoms with Crippen LogP contribution in [0.5, 0.6) is 0 Å². The number of nitrogens with one attached hydrogen (secondary N) is 2. The molecule has 3 nitrogen and oxygen atoms in total. The van der Waals surface area contributed by atoms with Gasteiger partial charge in [-0.25, -0.2) is 0 Å². The molecule has 0 aliphatic carbocycles. The summed E-state index contributed by atoms with van der Waals surface area (Å²) in [4.78, 5) is 12.4. The summed E-state index contributed by atoms with van der Waals surface area (Å²) in [5, 5.41) is 6.35. The largest absolute Gasteiger partial charge is 0.369 e. The van der Waals surface area contributed by atoms with Crippen LogP contribution in [0.3, 0.4) is 0 Å². The maximum Gasteiger partial charge on any atom is 0.250 e. The molecule has 1 heterocycles. The standard InChI is InChI=1S/C16H15BrN2O/c1-16(10-11-5-3-2-4-6-11)15(20)18-13-8-7-12(17)9-14(13)19-16/h2-9,19H,10H2,1H3,(H,18,20)/t16-/m1/s1. The summed E-state index contributed by atoms with van der Waals surface area (Å²) in [6, 6.07) is 15.8. The normalized spacial score (nSPS) is 20.8. The number of rotatable bonds is 2. The van der Waals surface area contributed by atoms with E-state index >= 15 is 0 Å². The Morgan fingerprint density at radius 3 is 2.60 bits per heavy atom. The van der Waals surface area contributed by atoms with Crippen molar-refractivity contribution in [2.24, 2.45) is 0 Å². The van der Waals surface area contributed by atoms with Gasteiger partial charge in [-0.1, -0.05) is 46.3 Å². The molecule has 2 aromatic carbocycles. The highest BCUT2D eigenvalue weighted by atomic mass is 79.9. The molecule has 0 aromatic heterocycles. The molecule has 0 radical (unpaired) electrons. The second-order valence-corrected chi connectivity index (χ2v) is 6.18. The van der Waals surface area contributed by atoms with Crippen molar-refractivity contribution in [2.45, 2.75) is 18.9 Å². The summed E-state index contributed by atoms with van der Waals surface area (Å²) in [5.41, 5.74) is 2.26. The van der Waals surface area contributed by atoms with Gasteiger partial charge in [-0.2, -0.15) is 0 Å². The zero-order chi connectivity index (χ0) is 14.2. The molecule has 1 atom stereocenters. The highest BCUT2D eigenvalue weighted by molar-refractivity contribution is 9.10. The Morgan fingerprint density at radius 1 is 1.10 bits per heavy atom. The number of hydrogen-bond acceptors (Lipinski definition) is 2. The summed E-state index contributed by atoms with van der Waals surface area (Å²) in [5.74, 6) is -0.00354. The summed E-state index contributed by atoms with van der Waals surface area (Å²) in [7, 11) is 0. The zero-order valence-corrected chi connectivity index (χ0v) is 12.7. The second-order valence-electron chi connectivity index (χ2n) is 5.26. The first-order valence-corrected chi connectivity index (χ1v) is 7.29. The third-order valence-electron chi connectivity index (χ3n) is 3.54. The number of benzene rings is 2. The minimum atomic E-state index is -0.644. The van der Waals surface area contributed by atoms with E-state index in [1.54, 1.807) is 0 Å². The number of halogens is 1. The minimum absolute atomic E-state index is 0.00354. The second kappa shape index (κ2) is 4.94. The molecule has 0 saturated heterocycles. The number of carbonyl (C=O) groups excluding carboxylic acids is 1. The average Bonchev–Trinajstić information content (AvgIpc) is 2.41. The summed E-state index contributed by atoms with van der Waals surface area (Å²) < 4.78 is 0.988. The first-order chi connectivity index (χ1) is 9.57. The molecule has 0 bridgehead atoms. The number of fused-ring (bicyclic) bond motifs is 1. The fraction of sp³-hybridized carbons (Fsp3) is 0.188. The van der Waals surface area contributed by atoms with Gasteiger partial charge < -0.3 is 10.6 Å². The molecule has 2 aromatic rings.